The maximum Gasteiger partial charge on any atom is 0.0395 e. The van der Waals surface area contributed by atoms with Crippen LogP contribution in [0.15, 0.2) is 12.2 Å². The lowest BCUT2D eigenvalue weighted by molar-refractivity contribution is 0.0920. The fourth-order valence-corrected chi connectivity index (χ4v) is 2.09. The Balaban J connectivity index is 1.74. The zero-order valence-corrected chi connectivity index (χ0v) is 9.08. The monoisotopic (exact) mass is 195 g/mol. The highest BCUT2D eigenvalue weighted by Crippen LogP contribution is 2.11. The van der Waals surface area contributed by atoms with E-state index in [1.165, 1.54) is 32.4 Å². The normalized spacial score (nSPS) is 30.8. The third kappa shape index (κ3) is 2.80. The van der Waals surface area contributed by atoms with Crippen molar-refractivity contribution in [2.45, 2.75) is 25.3 Å². The number of hydrogen-bond acceptors (Lipinski definition) is 3. The molecule has 0 saturated carbocycles. The van der Waals surface area contributed by atoms with Gasteiger partial charge < -0.3 is 4.90 Å². The van der Waals surface area contributed by atoms with Crippen LogP contribution in [-0.4, -0.2) is 49.2 Å². The summed E-state index contributed by atoms with van der Waals surface area (Å²) in [5.41, 5.74) is 3.60. The van der Waals surface area contributed by atoms with Crippen LogP contribution in [0.3, 0.4) is 0 Å². The molecule has 1 aliphatic carbocycles. The van der Waals surface area contributed by atoms with E-state index in [1.807, 2.05) is 0 Å². The van der Waals surface area contributed by atoms with Crippen molar-refractivity contribution in [2.75, 3.05) is 33.2 Å². The zero-order chi connectivity index (χ0) is 9.80. The maximum atomic E-state index is 3.60. The Morgan fingerprint density at radius 1 is 1.21 bits per heavy atom. The molecular weight excluding hydrogens is 174 g/mol. The molecule has 1 unspecified atom stereocenters. The number of likely N-dealkylation sites (N-methyl/N-ethyl adjacent to an activating group) is 1. The molecule has 0 amide bonds. The first-order valence-electron chi connectivity index (χ1n) is 5.71. The molecule has 1 fully saturated rings. The molecule has 0 aromatic carbocycles. The predicted octanol–water partition coefficient (Wildman–Crippen LogP) is 0.847. The van der Waals surface area contributed by atoms with Crippen LogP contribution in [0.4, 0.5) is 0 Å². The van der Waals surface area contributed by atoms with E-state index in [4.69, 9.17) is 0 Å². The van der Waals surface area contributed by atoms with Gasteiger partial charge in [-0.05, 0) is 26.3 Å². The van der Waals surface area contributed by atoms with Crippen LogP contribution in [0.1, 0.15) is 19.3 Å². The number of allylic oxidation sites excluding steroid dienone is 1. The molecule has 0 aromatic heterocycles. The molecule has 80 valence electrons. The third-order valence-electron chi connectivity index (χ3n) is 3.11. The fraction of sp³-hybridized carbons (Fsp3) is 0.818. The van der Waals surface area contributed by atoms with Crippen molar-refractivity contribution in [3.8, 4) is 0 Å². The van der Waals surface area contributed by atoms with Crippen LogP contribution in [0.25, 0.3) is 0 Å². The van der Waals surface area contributed by atoms with Gasteiger partial charge in [0.1, 0.15) is 0 Å². The summed E-state index contributed by atoms with van der Waals surface area (Å²) >= 11 is 0. The summed E-state index contributed by atoms with van der Waals surface area (Å²) in [7, 11) is 2.19. The van der Waals surface area contributed by atoms with E-state index in [0.29, 0.717) is 6.04 Å². The number of rotatable bonds is 2. The van der Waals surface area contributed by atoms with Crippen LogP contribution >= 0.6 is 0 Å². The van der Waals surface area contributed by atoms with Gasteiger partial charge in [0.05, 0.1) is 0 Å². The maximum absolute atomic E-state index is 3.60. The molecule has 2 aliphatic rings. The molecule has 3 nitrogen and oxygen atoms in total. The Morgan fingerprint density at radius 2 is 2.00 bits per heavy atom. The number of nitrogens with one attached hydrogen (secondary N) is 1. The van der Waals surface area contributed by atoms with Crippen LogP contribution < -0.4 is 5.43 Å². The summed E-state index contributed by atoms with van der Waals surface area (Å²) in [5, 5.41) is 2.38. The lowest BCUT2D eigenvalue weighted by atomic mass is 10.0. The molecule has 1 aliphatic heterocycles. The highest BCUT2D eigenvalue weighted by molar-refractivity contribution is 4.97. The Kier molecular flexibility index (Phi) is 3.56. The molecule has 2 rings (SSSR count). The number of hydrogen-bond donors (Lipinski definition) is 1. The van der Waals surface area contributed by atoms with Crippen molar-refractivity contribution in [1.29, 1.82) is 0 Å². The minimum atomic E-state index is 0.590. The topological polar surface area (TPSA) is 18.5 Å². The van der Waals surface area contributed by atoms with Gasteiger partial charge in [-0.1, -0.05) is 12.2 Å². The van der Waals surface area contributed by atoms with Crippen molar-refractivity contribution in [2.24, 2.45) is 0 Å². The van der Waals surface area contributed by atoms with Crippen molar-refractivity contribution in [3.63, 3.8) is 0 Å². The quantitative estimate of drug-likeness (QED) is 0.659. The van der Waals surface area contributed by atoms with Crippen LogP contribution in [0.2, 0.25) is 0 Å². The first kappa shape index (κ1) is 10.1. The molecule has 14 heavy (non-hydrogen) atoms. The molecule has 0 aromatic rings. The predicted molar refractivity (Wildman–Crippen MR) is 59.0 cm³/mol. The molecule has 0 bridgehead atoms. The summed E-state index contributed by atoms with van der Waals surface area (Å²) < 4.78 is 0. The Labute approximate surface area is 86.7 Å². The average molecular weight is 195 g/mol. The summed E-state index contributed by atoms with van der Waals surface area (Å²) in [6, 6.07) is 0.590. The zero-order valence-electron chi connectivity index (χ0n) is 9.08. The van der Waals surface area contributed by atoms with E-state index >= 15 is 0 Å². The minimum absolute atomic E-state index is 0.590. The van der Waals surface area contributed by atoms with Gasteiger partial charge in [0.25, 0.3) is 0 Å². The Bertz CT molecular complexity index is 195. The molecule has 1 atom stereocenters. The summed E-state index contributed by atoms with van der Waals surface area (Å²) in [6.07, 6.45) is 8.52. The van der Waals surface area contributed by atoms with Gasteiger partial charge in [-0.15, -0.1) is 0 Å². The highest BCUT2D eigenvalue weighted by Gasteiger charge is 2.16. The van der Waals surface area contributed by atoms with Crippen molar-refractivity contribution < 1.29 is 0 Å². The standard InChI is InChI=1S/C11H21N3/c1-13-7-9-14(10-8-13)12-11-5-3-2-4-6-11/h3,5,11-12H,2,4,6-10H2,1H3. The van der Waals surface area contributed by atoms with Crippen LogP contribution in [0, 0.1) is 0 Å². The highest BCUT2D eigenvalue weighted by atomic mass is 15.5. The Morgan fingerprint density at radius 3 is 2.64 bits per heavy atom. The van der Waals surface area contributed by atoms with Crippen LogP contribution in [-0.2, 0) is 0 Å². The third-order valence-corrected chi connectivity index (χ3v) is 3.11. The van der Waals surface area contributed by atoms with Crippen molar-refractivity contribution >= 4 is 0 Å². The van der Waals surface area contributed by atoms with Crippen LogP contribution in [0.5, 0.6) is 0 Å². The number of hydrazine groups is 1. The van der Waals surface area contributed by atoms with E-state index in [1.54, 1.807) is 0 Å². The number of piperazine rings is 1. The van der Waals surface area contributed by atoms with Gasteiger partial charge in [0.15, 0.2) is 0 Å². The molecule has 0 spiro atoms. The smallest absolute Gasteiger partial charge is 0.0395 e. The second kappa shape index (κ2) is 4.91. The lowest BCUT2D eigenvalue weighted by Gasteiger charge is -2.35. The largest absolute Gasteiger partial charge is 0.304 e. The summed E-state index contributed by atoms with van der Waals surface area (Å²) in [6.45, 7) is 4.68. The van der Waals surface area contributed by atoms with Crippen molar-refractivity contribution in [1.82, 2.24) is 15.3 Å². The molecule has 1 N–H and O–H groups in total. The van der Waals surface area contributed by atoms with E-state index in [9.17, 15) is 0 Å². The van der Waals surface area contributed by atoms with Crippen molar-refractivity contribution in [3.05, 3.63) is 12.2 Å². The second-order valence-electron chi connectivity index (χ2n) is 4.38. The van der Waals surface area contributed by atoms with Gasteiger partial charge in [0.2, 0.25) is 0 Å². The second-order valence-corrected chi connectivity index (χ2v) is 4.38. The Hall–Kier alpha value is -0.380. The first-order chi connectivity index (χ1) is 6.84. The van der Waals surface area contributed by atoms with Gasteiger partial charge in [-0.25, -0.2) is 10.4 Å². The van der Waals surface area contributed by atoms with E-state index in [0.717, 1.165) is 13.1 Å². The summed E-state index contributed by atoms with van der Waals surface area (Å²) in [5.74, 6) is 0. The SMILES string of the molecule is CN1CCN(NC2C=CCCC2)CC1. The molecule has 0 radical (unpaired) electrons. The summed E-state index contributed by atoms with van der Waals surface area (Å²) in [4.78, 5) is 2.38. The first-order valence-corrected chi connectivity index (χ1v) is 5.71. The van der Waals surface area contributed by atoms with Gasteiger partial charge in [-0.3, -0.25) is 0 Å². The van der Waals surface area contributed by atoms with Gasteiger partial charge in [0, 0.05) is 32.2 Å². The minimum Gasteiger partial charge on any atom is -0.304 e. The molecular formula is C11H21N3. The van der Waals surface area contributed by atoms with E-state index in [-0.39, 0.29) is 0 Å². The van der Waals surface area contributed by atoms with E-state index < -0.39 is 0 Å². The van der Waals surface area contributed by atoms with E-state index in [2.05, 4.69) is 34.5 Å². The molecule has 1 heterocycles. The average Bonchev–Trinajstić information content (AvgIpc) is 2.23. The van der Waals surface area contributed by atoms with Gasteiger partial charge >= 0.3 is 0 Å². The fourth-order valence-electron chi connectivity index (χ4n) is 2.09. The molecule has 1 saturated heterocycles. The lowest BCUT2D eigenvalue weighted by Crippen LogP contribution is -2.53. The number of nitrogens with zero attached hydrogens (tertiary/aromatic N) is 2. The molecule has 3 heteroatoms. The van der Waals surface area contributed by atoms with Gasteiger partial charge in [-0.2, -0.15) is 0 Å².